The molecule has 0 saturated carbocycles. The molecule has 1 aliphatic rings. The van der Waals surface area contributed by atoms with Crippen molar-refractivity contribution < 1.29 is 4.79 Å². The van der Waals surface area contributed by atoms with Gasteiger partial charge in [0.15, 0.2) is 0 Å². The van der Waals surface area contributed by atoms with Gasteiger partial charge in [0, 0.05) is 50.3 Å². The lowest BCUT2D eigenvalue weighted by Gasteiger charge is -2.36. The minimum absolute atomic E-state index is 0.113. The minimum atomic E-state index is -0.148. The number of carbonyl (C=O) groups excluding carboxylic acids is 1. The largest absolute Gasteiger partial charge is 0.347 e. The molecule has 1 aromatic carbocycles. The molecule has 1 atom stereocenters. The molecular weight excluding hydrogens is 297 g/mol. The van der Waals surface area contributed by atoms with E-state index in [2.05, 4.69) is 10.2 Å². The Kier molecular flexibility index (Phi) is 5.27. The summed E-state index contributed by atoms with van der Waals surface area (Å²) in [4.78, 5) is 16.0. The Balaban J connectivity index is 2.14. The van der Waals surface area contributed by atoms with E-state index in [0.717, 1.165) is 18.7 Å². The van der Waals surface area contributed by atoms with E-state index in [9.17, 15) is 4.79 Å². The molecule has 6 heteroatoms. The molecule has 1 N–H and O–H groups in total. The Morgan fingerprint density at radius 3 is 2.85 bits per heavy atom. The molecule has 1 heterocycles. The van der Waals surface area contributed by atoms with E-state index in [-0.39, 0.29) is 11.9 Å². The Labute approximate surface area is 129 Å². The molecule has 1 amide bonds. The molecule has 1 aliphatic heterocycles. The summed E-state index contributed by atoms with van der Waals surface area (Å²) in [5, 5.41) is 4.54. The predicted molar refractivity (Wildman–Crippen MR) is 82.2 cm³/mol. The number of halogens is 2. The number of piperazine rings is 1. The number of likely N-dealkylation sites (N-methyl/N-ethyl adjacent to an activating group) is 1. The molecule has 0 aliphatic carbocycles. The highest BCUT2D eigenvalue weighted by molar-refractivity contribution is 6.35. The van der Waals surface area contributed by atoms with Crippen molar-refractivity contribution in [2.24, 2.45) is 0 Å². The zero-order valence-corrected chi connectivity index (χ0v) is 13.2. The molecular formula is C14H19Cl2N3O. The molecule has 1 fully saturated rings. The number of carbonyl (C=O) groups is 1. The summed E-state index contributed by atoms with van der Waals surface area (Å²) in [6.07, 6.45) is 0. The van der Waals surface area contributed by atoms with Crippen molar-refractivity contribution in [3.05, 3.63) is 33.8 Å². The van der Waals surface area contributed by atoms with Crippen LogP contribution in [0.15, 0.2) is 18.2 Å². The second-order valence-electron chi connectivity index (χ2n) is 5.16. The van der Waals surface area contributed by atoms with Gasteiger partial charge in [0.2, 0.25) is 5.91 Å². The van der Waals surface area contributed by atoms with Crippen molar-refractivity contribution in [2.45, 2.75) is 12.6 Å². The first-order valence-electron chi connectivity index (χ1n) is 6.59. The molecule has 20 heavy (non-hydrogen) atoms. The Morgan fingerprint density at radius 1 is 1.45 bits per heavy atom. The smallest absolute Gasteiger partial charge is 0.240 e. The third kappa shape index (κ3) is 3.64. The molecule has 0 bridgehead atoms. The van der Waals surface area contributed by atoms with E-state index in [1.165, 1.54) is 0 Å². The maximum atomic E-state index is 12.2. The first-order valence-corrected chi connectivity index (χ1v) is 7.34. The van der Waals surface area contributed by atoms with Gasteiger partial charge in [-0.25, -0.2) is 0 Å². The van der Waals surface area contributed by atoms with E-state index in [1.807, 2.05) is 12.1 Å². The highest BCUT2D eigenvalue weighted by atomic mass is 35.5. The fourth-order valence-corrected chi connectivity index (χ4v) is 2.81. The normalized spacial score (nSPS) is 19.9. The zero-order valence-electron chi connectivity index (χ0n) is 11.7. The maximum Gasteiger partial charge on any atom is 0.240 e. The molecule has 2 rings (SSSR count). The van der Waals surface area contributed by atoms with Gasteiger partial charge in [-0.15, -0.1) is 0 Å². The quantitative estimate of drug-likeness (QED) is 0.924. The van der Waals surface area contributed by atoms with Gasteiger partial charge in [-0.1, -0.05) is 29.3 Å². The number of rotatable bonds is 3. The van der Waals surface area contributed by atoms with E-state index < -0.39 is 0 Å². The summed E-state index contributed by atoms with van der Waals surface area (Å²) in [7, 11) is 3.56. The first-order chi connectivity index (χ1) is 9.49. The summed E-state index contributed by atoms with van der Waals surface area (Å²) in [6, 6.07) is 5.34. The van der Waals surface area contributed by atoms with Crippen molar-refractivity contribution in [3.63, 3.8) is 0 Å². The fourth-order valence-electron chi connectivity index (χ4n) is 2.35. The summed E-state index contributed by atoms with van der Waals surface area (Å²) in [5.74, 6) is 0.113. The number of nitrogens with one attached hydrogen (secondary N) is 1. The molecule has 1 saturated heterocycles. The van der Waals surface area contributed by atoms with E-state index >= 15 is 0 Å². The van der Waals surface area contributed by atoms with Crippen LogP contribution in [-0.2, 0) is 11.3 Å². The van der Waals surface area contributed by atoms with Crippen LogP contribution in [0.1, 0.15) is 5.56 Å². The van der Waals surface area contributed by atoms with Gasteiger partial charge < -0.3 is 10.2 Å². The van der Waals surface area contributed by atoms with Gasteiger partial charge in [0.1, 0.15) is 6.04 Å². The van der Waals surface area contributed by atoms with Gasteiger partial charge in [-0.2, -0.15) is 0 Å². The average molecular weight is 316 g/mol. The monoisotopic (exact) mass is 315 g/mol. The van der Waals surface area contributed by atoms with E-state index in [4.69, 9.17) is 23.2 Å². The number of amides is 1. The van der Waals surface area contributed by atoms with Crippen molar-refractivity contribution >= 4 is 29.1 Å². The average Bonchev–Trinajstić information content (AvgIpc) is 2.41. The van der Waals surface area contributed by atoms with Crippen LogP contribution >= 0.6 is 23.2 Å². The van der Waals surface area contributed by atoms with Gasteiger partial charge in [0.05, 0.1) is 0 Å². The third-order valence-electron chi connectivity index (χ3n) is 3.47. The standard InChI is InChI=1S/C14H19Cl2N3O/c1-18(2)14(20)13-8-17-5-6-19(13)9-10-3-4-11(15)7-12(10)16/h3-4,7,13,17H,5-6,8-9H2,1-2H3. The Hall–Kier alpha value is -0.810. The van der Waals surface area contributed by atoms with Gasteiger partial charge in [-0.3, -0.25) is 9.69 Å². The van der Waals surface area contributed by atoms with Crippen LogP contribution in [0, 0.1) is 0 Å². The van der Waals surface area contributed by atoms with Gasteiger partial charge >= 0.3 is 0 Å². The Bertz CT molecular complexity index is 493. The van der Waals surface area contributed by atoms with E-state index in [0.29, 0.717) is 23.1 Å². The summed E-state index contributed by atoms with van der Waals surface area (Å²) in [6.45, 7) is 3.02. The van der Waals surface area contributed by atoms with Gasteiger partial charge in [0.25, 0.3) is 0 Å². The van der Waals surface area contributed by atoms with Crippen LogP contribution in [0.25, 0.3) is 0 Å². The summed E-state index contributed by atoms with van der Waals surface area (Å²) < 4.78 is 0. The summed E-state index contributed by atoms with van der Waals surface area (Å²) >= 11 is 12.1. The second kappa shape index (κ2) is 6.76. The molecule has 4 nitrogen and oxygen atoms in total. The Morgan fingerprint density at radius 2 is 2.20 bits per heavy atom. The van der Waals surface area contributed by atoms with E-state index in [1.54, 1.807) is 25.1 Å². The highest BCUT2D eigenvalue weighted by Gasteiger charge is 2.29. The molecule has 0 aromatic heterocycles. The van der Waals surface area contributed by atoms with Crippen molar-refractivity contribution in [3.8, 4) is 0 Å². The van der Waals surface area contributed by atoms with Crippen molar-refractivity contribution in [1.29, 1.82) is 0 Å². The topological polar surface area (TPSA) is 35.6 Å². The van der Waals surface area contributed by atoms with Crippen LogP contribution in [0.5, 0.6) is 0 Å². The molecule has 110 valence electrons. The molecule has 0 radical (unpaired) electrons. The molecule has 1 aromatic rings. The lowest BCUT2D eigenvalue weighted by atomic mass is 10.1. The third-order valence-corrected chi connectivity index (χ3v) is 4.06. The number of nitrogens with zero attached hydrogens (tertiary/aromatic N) is 2. The van der Waals surface area contributed by atoms with Crippen LogP contribution in [0.4, 0.5) is 0 Å². The molecule has 0 spiro atoms. The van der Waals surface area contributed by atoms with Crippen LogP contribution < -0.4 is 5.32 Å². The van der Waals surface area contributed by atoms with Crippen molar-refractivity contribution in [1.82, 2.24) is 15.1 Å². The predicted octanol–water partition coefficient (Wildman–Crippen LogP) is 1.86. The number of hydrogen-bond donors (Lipinski definition) is 1. The van der Waals surface area contributed by atoms with Gasteiger partial charge in [-0.05, 0) is 17.7 Å². The first kappa shape index (κ1) is 15.6. The van der Waals surface area contributed by atoms with Crippen LogP contribution in [0.2, 0.25) is 10.0 Å². The maximum absolute atomic E-state index is 12.2. The fraction of sp³-hybridized carbons (Fsp3) is 0.500. The number of benzene rings is 1. The number of hydrogen-bond acceptors (Lipinski definition) is 3. The minimum Gasteiger partial charge on any atom is -0.347 e. The lowest BCUT2D eigenvalue weighted by Crippen LogP contribution is -2.57. The lowest BCUT2D eigenvalue weighted by molar-refractivity contribution is -0.135. The zero-order chi connectivity index (χ0) is 14.7. The SMILES string of the molecule is CN(C)C(=O)C1CNCCN1Cc1ccc(Cl)cc1Cl. The van der Waals surface area contributed by atoms with Crippen LogP contribution in [-0.4, -0.2) is 55.5 Å². The highest BCUT2D eigenvalue weighted by Crippen LogP contribution is 2.23. The second-order valence-corrected chi connectivity index (χ2v) is 6.00. The molecule has 1 unspecified atom stereocenters. The van der Waals surface area contributed by atoms with Crippen LogP contribution in [0.3, 0.4) is 0 Å². The van der Waals surface area contributed by atoms with Crippen molar-refractivity contribution in [2.75, 3.05) is 33.7 Å². The summed E-state index contributed by atoms with van der Waals surface area (Å²) in [5.41, 5.74) is 0.995.